The van der Waals surface area contributed by atoms with E-state index in [1.807, 2.05) is 45.2 Å². The Morgan fingerprint density at radius 2 is 2.14 bits per heavy atom. The lowest BCUT2D eigenvalue weighted by molar-refractivity contribution is 0.0520. The zero-order valence-electron chi connectivity index (χ0n) is 7.31. The van der Waals surface area contributed by atoms with Crippen LogP contribution in [-0.4, -0.2) is 12.6 Å². The highest BCUT2D eigenvalue weighted by molar-refractivity contribution is 14.1. The van der Waals surface area contributed by atoms with E-state index in [0.717, 1.165) is 3.57 Å². The van der Waals surface area contributed by atoms with Gasteiger partial charge in [0.15, 0.2) is 5.82 Å². The zero-order valence-corrected chi connectivity index (χ0v) is 11.6. The highest BCUT2D eigenvalue weighted by atomic mass is 127. The molecule has 0 atom stereocenters. The first-order valence-corrected chi connectivity index (χ1v) is 6.03. The topological polar surface area (TPSA) is 26.3 Å². The van der Waals surface area contributed by atoms with Crippen LogP contribution in [0.5, 0.6) is 0 Å². The molecule has 1 aromatic carbocycles. The van der Waals surface area contributed by atoms with Crippen LogP contribution in [0.3, 0.4) is 0 Å². The molecule has 1 aromatic rings. The second-order valence-electron chi connectivity index (χ2n) is 2.47. The standard InChI is InChI=1S/C9H7FI2O2/c1-2-14-9(13)6-3-5(11)4-7(12)8(6)10/h3-4H,2H2,1H3. The van der Waals surface area contributed by atoms with Gasteiger partial charge in [0.25, 0.3) is 0 Å². The summed E-state index contributed by atoms with van der Waals surface area (Å²) in [6, 6.07) is 3.15. The molecule has 0 saturated heterocycles. The van der Waals surface area contributed by atoms with E-state index >= 15 is 0 Å². The maximum absolute atomic E-state index is 13.4. The van der Waals surface area contributed by atoms with Gasteiger partial charge in [-0.05, 0) is 64.2 Å². The molecule has 0 heterocycles. The summed E-state index contributed by atoms with van der Waals surface area (Å²) in [6.45, 7) is 1.94. The Bertz CT molecular complexity index is 366. The molecule has 0 aliphatic heterocycles. The molecule has 0 saturated carbocycles. The van der Waals surface area contributed by atoms with Crippen LogP contribution in [0.15, 0.2) is 12.1 Å². The fraction of sp³-hybridized carbons (Fsp3) is 0.222. The van der Waals surface area contributed by atoms with Gasteiger partial charge in [0.2, 0.25) is 0 Å². The van der Waals surface area contributed by atoms with E-state index < -0.39 is 11.8 Å². The Labute approximate surface area is 108 Å². The summed E-state index contributed by atoms with van der Waals surface area (Å²) in [4.78, 5) is 11.3. The van der Waals surface area contributed by atoms with Crippen LogP contribution in [-0.2, 0) is 4.74 Å². The quantitative estimate of drug-likeness (QED) is 0.418. The van der Waals surface area contributed by atoms with Gasteiger partial charge >= 0.3 is 5.97 Å². The van der Waals surface area contributed by atoms with E-state index in [4.69, 9.17) is 4.74 Å². The lowest BCUT2D eigenvalue weighted by Gasteiger charge is -2.05. The minimum Gasteiger partial charge on any atom is -0.462 e. The highest BCUT2D eigenvalue weighted by Gasteiger charge is 2.16. The van der Waals surface area contributed by atoms with Crippen LogP contribution in [0, 0.1) is 13.0 Å². The largest absolute Gasteiger partial charge is 0.462 e. The fourth-order valence-corrected chi connectivity index (χ4v) is 2.76. The second kappa shape index (κ2) is 5.24. The molecule has 0 unspecified atom stereocenters. The maximum atomic E-state index is 13.4. The second-order valence-corrected chi connectivity index (χ2v) is 4.88. The number of hydrogen-bond donors (Lipinski definition) is 0. The Hall–Kier alpha value is 0.0800. The van der Waals surface area contributed by atoms with E-state index in [1.165, 1.54) is 6.07 Å². The maximum Gasteiger partial charge on any atom is 0.341 e. The summed E-state index contributed by atoms with van der Waals surface area (Å²) in [5.41, 5.74) is 0.00292. The molecule has 1 rings (SSSR count). The zero-order chi connectivity index (χ0) is 10.7. The minimum atomic E-state index is -0.610. The molecule has 76 valence electrons. The van der Waals surface area contributed by atoms with Crippen molar-refractivity contribution in [2.24, 2.45) is 0 Å². The summed E-state index contributed by atoms with van der Waals surface area (Å²) in [5.74, 6) is -1.12. The molecule has 0 N–H and O–H groups in total. The molecule has 0 radical (unpaired) electrons. The fourth-order valence-electron chi connectivity index (χ4n) is 0.913. The van der Waals surface area contributed by atoms with Crippen LogP contribution in [0.1, 0.15) is 17.3 Å². The monoisotopic (exact) mass is 420 g/mol. The van der Waals surface area contributed by atoms with Crippen molar-refractivity contribution in [3.05, 3.63) is 30.7 Å². The van der Waals surface area contributed by atoms with Crippen molar-refractivity contribution in [3.8, 4) is 0 Å². The van der Waals surface area contributed by atoms with Gasteiger partial charge in [-0.3, -0.25) is 0 Å². The summed E-state index contributed by atoms with van der Waals surface area (Å²) < 4.78 is 19.4. The third-order valence-corrected chi connectivity index (χ3v) is 2.90. The molecule has 0 amide bonds. The number of esters is 1. The first kappa shape index (κ1) is 12.2. The molecule has 5 heteroatoms. The number of benzene rings is 1. The number of hydrogen-bond acceptors (Lipinski definition) is 2. The van der Waals surface area contributed by atoms with Gasteiger partial charge in [0.05, 0.1) is 15.7 Å². The SMILES string of the molecule is CCOC(=O)c1cc(I)cc(I)c1F. The molecule has 0 aromatic heterocycles. The van der Waals surface area contributed by atoms with E-state index in [9.17, 15) is 9.18 Å². The highest BCUT2D eigenvalue weighted by Crippen LogP contribution is 2.20. The van der Waals surface area contributed by atoms with Crippen molar-refractivity contribution < 1.29 is 13.9 Å². The molecule has 0 fully saturated rings. The Kier molecular flexibility index (Phi) is 4.55. The number of rotatable bonds is 2. The summed E-state index contributed by atoms with van der Waals surface area (Å²) in [5, 5.41) is 0. The molecule has 2 nitrogen and oxygen atoms in total. The number of halogens is 3. The van der Waals surface area contributed by atoms with Crippen molar-refractivity contribution in [2.45, 2.75) is 6.92 Å². The van der Waals surface area contributed by atoms with Crippen LogP contribution in [0.25, 0.3) is 0 Å². The van der Waals surface area contributed by atoms with Crippen molar-refractivity contribution in [3.63, 3.8) is 0 Å². The predicted octanol–water partition coefficient (Wildman–Crippen LogP) is 3.21. The van der Waals surface area contributed by atoms with Crippen LogP contribution in [0.4, 0.5) is 4.39 Å². The average molecular weight is 420 g/mol. The van der Waals surface area contributed by atoms with Gasteiger partial charge in [-0.15, -0.1) is 0 Å². The third kappa shape index (κ3) is 2.78. The van der Waals surface area contributed by atoms with Gasteiger partial charge < -0.3 is 4.74 Å². The summed E-state index contributed by atoms with van der Waals surface area (Å²) in [6.07, 6.45) is 0. The van der Waals surface area contributed by atoms with Crippen LogP contribution >= 0.6 is 45.2 Å². The average Bonchev–Trinajstić information content (AvgIpc) is 2.11. The Balaban J connectivity index is 3.13. The van der Waals surface area contributed by atoms with Crippen molar-refractivity contribution >= 4 is 51.2 Å². The Morgan fingerprint density at radius 1 is 1.50 bits per heavy atom. The summed E-state index contributed by atoms with van der Waals surface area (Å²) in [7, 11) is 0. The molecule has 0 spiro atoms. The van der Waals surface area contributed by atoms with Crippen molar-refractivity contribution in [1.82, 2.24) is 0 Å². The van der Waals surface area contributed by atoms with E-state index in [1.54, 1.807) is 13.0 Å². The first-order chi connectivity index (χ1) is 6.56. The van der Waals surface area contributed by atoms with Gasteiger partial charge in [-0.1, -0.05) is 0 Å². The molecule has 0 aliphatic carbocycles. The van der Waals surface area contributed by atoms with E-state index in [-0.39, 0.29) is 12.2 Å². The number of carbonyl (C=O) groups excluding carboxylic acids is 1. The smallest absolute Gasteiger partial charge is 0.341 e. The summed E-state index contributed by atoms with van der Waals surface area (Å²) >= 11 is 3.88. The van der Waals surface area contributed by atoms with Crippen LogP contribution in [0.2, 0.25) is 0 Å². The minimum absolute atomic E-state index is 0.00292. The molecule has 14 heavy (non-hydrogen) atoms. The van der Waals surface area contributed by atoms with Gasteiger partial charge in [0.1, 0.15) is 0 Å². The normalized spacial score (nSPS) is 10.0. The Morgan fingerprint density at radius 3 is 2.71 bits per heavy atom. The predicted molar refractivity (Wildman–Crippen MR) is 67.8 cm³/mol. The number of ether oxygens (including phenoxy) is 1. The van der Waals surface area contributed by atoms with E-state index in [2.05, 4.69) is 0 Å². The van der Waals surface area contributed by atoms with E-state index in [0.29, 0.717) is 3.57 Å². The molecule has 0 bridgehead atoms. The van der Waals surface area contributed by atoms with Crippen LogP contribution < -0.4 is 0 Å². The van der Waals surface area contributed by atoms with Gasteiger partial charge in [-0.2, -0.15) is 0 Å². The van der Waals surface area contributed by atoms with Gasteiger partial charge in [-0.25, -0.2) is 9.18 Å². The lowest BCUT2D eigenvalue weighted by Crippen LogP contribution is -2.08. The van der Waals surface area contributed by atoms with Crippen molar-refractivity contribution in [2.75, 3.05) is 6.61 Å². The molecular weight excluding hydrogens is 413 g/mol. The lowest BCUT2D eigenvalue weighted by atomic mass is 10.2. The van der Waals surface area contributed by atoms with Crippen molar-refractivity contribution in [1.29, 1.82) is 0 Å². The molecule has 0 aliphatic rings. The first-order valence-electron chi connectivity index (χ1n) is 3.88. The molecular formula is C9H7FI2O2. The van der Waals surface area contributed by atoms with Gasteiger partial charge in [0, 0.05) is 3.57 Å². The number of carbonyl (C=O) groups is 1. The third-order valence-electron chi connectivity index (χ3n) is 1.49.